The Labute approximate surface area is 153 Å². The average molecular weight is 347 g/mol. The van der Waals surface area contributed by atoms with Crippen LogP contribution in [0.5, 0.6) is 5.75 Å². The van der Waals surface area contributed by atoms with E-state index in [-0.39, 0.29) is 11.3 Å². The number of rotatable bonds is 5. The second kappa shape index (κ2) is 7.74. The van der Waals surface area contributed by atoms with E-state index in [2.05, 4.69) is 41.2 Å². The van der Waals surface area contributed by atoms with Gasteiger partial charge in [0.1, 0.15) is 11.3 Å². The first-order valence-electron chi connectivity index (χ1n) is 8.38. The molecule has 0 spiro atoms. The van der Waals surface area contributed by atoms with Gasteiger partial charge in [0.05, 0.1) is 7.11 Å². The van der Waals surface area contributed by atoms with E-state index in [4.69, 9.17) is 0 Å². The smallest absolute Gasteiger partial charge is 0.341 e. The molecule has 0 aliphatic heterocycles. The summed E-state index contributed by atoms with van der Waals surface area (Å²) in [6, 6.07) is 21.3. The van der Waals surface area contributed by atoms with Crippen molar-refractivity contribution >= 4 is 11.7 Å². The van der Waals surface area contributed by atoms with Gasteiger partial charge in [0.2, 0.25) is 0 Å². The Morgan fingerprint density at radius 1 is 1.00 bits per heavy atom. The van der Waals surface area contributed by atoms with E-state index in [1.54, 1.807) is 18.2 Å². The van der Waals surface area contributed by atoms with Gasteiger partial charge in [-0.15, -0.1) is 0 Å². The second-order valence-electron chi connectivity index (χ2n) is 6.15. The van der Waals surface area contributed by atoms with Gasteiger partial charge in [0.25, 0.3) is 0 Å². The molecule has 4 heteroatoms. The van der Waals surface area contributed by atoms with Crippen LogP contribution in [0.4, 0.5) is 5.69 Å². The maximum atomic E-state index is 11.6. The number of phenolic OH excluding ortho intramolecular Hbond substituents is 1. The van der Waals surface area contributed by atoms with E-state index in [9.17, 15) is 9.90 Å². The van der Waals surface area contributed by atoms with E-state index >= 15 is 0 Å². The molecule has 3 aromatic rings. The Morgan fingerprint density at radius 2 is 1.77 bits per heavy atom. The van der Waals surface area contributed by atoms with Crippen LogP contribution in [0.1, 0.15) is 21.5 Å². The fourth-order valence-corrected chi connectivity index (χ4v) is 2.81. The maximum Gasteiger partial charge on any atom is 0.341 e. The van der Waals surface area contributed by atoms with E-state index in [1.807, 2.05) is 24.3 Å². The van der Waals surface area contributed by atoms with Gasteiger partial charge in [-0.1, -0.05) is 36.4 Å². The molecule has 0 aliphatic carbocycles. The Hall–Kier alpha value is -3.27. The summed E-state index contributed by atoms with van der Waals surface area (Å²) in [5, 5.41) is 13.5. The van der Waals surface area contributed by atoms with Gasteiger partial charge in [-0.05, 0) is 59.5 Å². The van der Waals surface area contributed by atoms with Crippen LogP contribution in [0.2, 0.25) is 0 Å². The van der Waals surface area contributed by atoms with Crippen LogP contribution in [-0.2, 0) is 11.3 Å². The van der Waals surface area contributed by atoms with Crippen molar-refractivity contribution in [2.24, 2.45) is 0 Å². The van der Waals surface area contributed by atoms with Gasteiger partial charge in [0.15, 0.2) is 0 Å². The number of aryl methyl sites for hydroxylation is 1. The molecule has 0 fully saturated rings. The standard InChI is InChI=1S/C22H21NO3/c1-15-5-3-8-19(11-15)23-14-16-6-4-7-17(12-16)18-9-10-20(21(24)13-18)22(25)26-2/h3-13,23-24H,14H2,1-2H3. The lowest BCUT2D eigenvalue weighted by Gasteiger charge is -2.10. The van der Waals surface area contributed by atoms with Crippen LogP contribution in [-0.4, -0.2) is 18.2 Å². The first-order valence-corrected chi connectivity index (χ1v) is 8.38. The molecule has 0 amide bonds. The molecule has 0 aliphatic rings. The number of aromatic hydroxyl groups is 1. The largest absolute Gasteiger partial charge is 0.507 e. The third kappa shape index (κ3) is 4.03. The van der Waals surface area contributed by atoms with Crippen molar-refractivity contribution in [2.75, 3.05) is 12.4 Å². The normalized spacial score (nSPS) is 10.4. The predicted octanol–water partition coefficient (Wildman–Crippen LogP) is 4.77. The number of ether oxygens (including phenoxy) is 1. The molecule has 4 nitrogen and oxygen atoms in total. The van der Waals surface area contributed by atoms with Gasteiger partial charge in [-0.2, -0.15) is 0 Å². The number of benzene rings is 3. The number of anilines is 1. The summed E-state index contributed by atoms with van der Waals surface area (Å²) in [6.45, 7) is 2.76. The number of carbonyl (C=O) groups excluding carboxylic acids is 1. The minimum atomic E-state index is -0.551. The van der Waals surface area contributed by atoms with Crippen LogP contribution in [0.15, 0.2) is 66.7 Å². The van der Waals surface area contributed by atoms with Crippen LogP contribution < -0.4 is 5.32 Å². The number of hydrogen-bond donors (Lipinski definition) is 2. The molecular weight excluding hydrogens is 326 g/mol. The van der Waals surface area contributed by atoms with Crippen molar-refractivity contribution in [3.8, 4) is 16.9 Å². The van der Waals surface area contributed by atoms with Gasteiger partial charge in [-0.3, -0.25) is 0 Å². The lowest BCUT2D eigenvalue weighted by molar-refractivity contribution is 0.0597. The quantitative estimate of drug-likeness (QED) is 0.653. The van der Waals surface area contributed by atoms with Gasteiger partial charge in [0, 0.05) is 12.2 Å². The lowest BCUT2D eigenvalue weighted by atomic mass is 10.0. The van der Waals surface area contributed by atoms with Crippen LogP contribution in [0.3, 0.4) is 0 Å². The summed E-state index contributed by atoms with van der Waals surface area (Å²) in [5.74, 6) is -0.636. The van der Waals surface area contributed by atoms with Crippen LogP contribution >= 0.6 is 0 Å². The van der Waals surface area contributed by atoms with Crippen molar-refractivity contribution in [1.82, 2.24) is 0 Å². The molecule has 0 saturated heterocycles. The topological polar surface area (TPSA) is 58.6 Å². The Balaban J connectivity index is 1.79. The van der Waals surface area contributed by atoms with Gasteiger partial charge >= 0.3 is 5.97 Å². The highest BCUT2D eigenvalue weighted by Gasteiger charge is 2.12. The summed E-state index contributed by atoms with van der Waals surface area (Å²) in [6.07, 6.45) is 0. The van der Waals surface area contributed by atoms with Gasteiger partial charge in [-0.25, -0.2) is 4.79 Å². The number of esters is 1. The molecule has 132 valence electrons. The number of hydrogen-bond acceptors (Lipinski definition) is 4. The molecule has 0 aromatic heterocycles. The zero-order chi connectivity index (χ0) is 18.5. The third-order valence-corrected chi connectivity index (χ3v) is 4.18. The van der Waals surface area contributed by atoms with E-state index in [0.717, 1.165) is 22.4 Å². The molecule has 3 rings (SSSR count). The lowest BCUT2D eigenvalue weighted by Crippen LogP contribution is -2.01. The van der Waals surface area contributed by atoms with Crippen molar-refractivity contribution in [3.05, 3.63) is 83.4 Å². The van der Waals surface area contributed by atoms with Crippen molar-refractivity contribution < 1.29 is 14.6 Å². The molecule has 0 atom stereocenters. The number of carbonyl (C=O) groups is 1. The summed E-state index contributed by atoms with van der Waals surface area (Å²) in [4.78, 5) is 11.6. The van der Waals surface area contributed by atoms with E-state index < -0.39 is 5.97 Å². The zero-order valence-corrected chi connectivity index (χ0v) is 14.8. The molecule has 3 aromatic carbocycles. The summed E-state index contributed by atoms with van der Waals surface area (Å²) >= 11 is 0. The van der Waals surface area contributed by atoms with Crippen molar-refractivity contribution in [2.45, 2.75) is 13.5 Å². The molecule has 0 saturated carbocycles. The Kier molecular flexibility index (Phi) is 5.23. The molecule has 0 unspecified atom stereocenters. The minimum Gasteiger partial charge on any atom is -0.507 e. The Bertz CT molecular complexity index is 934. The molecular formula is C22H21NO3. The number of nitrogens with one attached hydrogen (secondary N) is 1. The highest BCUT2D eigenvalue weighted by atomic mass is 16.5. The first kappa shape index (κ1) is 17.5. The average Bonchev–Trinajstić information content (AvgIpc) is 2.66. The predicted molar refractivity (Wildman–Crippen MR) is 103 cm³/mol. The maximum absolute atomic E-state index is 11.6. The molecule has 0 heterocycles. The summed E-state index contributed by atoms with van der Waals surface area (Å²) in [7, 11) is 1.29. The monoisotopic (exact) mass is 347 g/mol. The van der Waals surface area contributed by atoms with Crippen LogP contribution in [0.25, 0.3) is 11.1 Å². The fraction of sp³-hybridized carbons (Fsp3) is 0.136. The van der Waals surface area contributed by atoms with Gasteiger partial charge < -0.3 is 15.2 Å². The second-order valence-corrected chi connectivity index (χ2v) is 6.15. The fourth-order valence-electron chi connectivity index (χ4n) is 2.81. The summed E-state index contributed by atoms with van der Waals surface area (Å²) < 4.78 is 4.66. The highest BCUT2D eigenvalue weighted by molar-refractivity contribution is 5.93. The number of phenols is 1. The molecule has 2 N–H and O–H groups in total. The van der Waals surface area contributed by atoms with Crippen molar-refractivity contribution in [1.29, 1.82) is 0 Å². The number of methoxy groups -OCH3 is 1. The van der Waals surface area contributed by atoms with E-state index in [0.29, 0.717) is 6.54 Å². The highest BCUT2D eigenvalue weighted by Crippen LogP contribution is 2.27. The third-order valence-electron chi connectivity index (χ3n) is 4.18. The SMILES string of the molecule is COC(=O)c1ccc(-c2cccc(CNc3cccc(C)c3)c2)cc1O. The van der Waals surface area contributed by atoms with Crippen LogP contribution in [0, 0.1) is 6.92 Å². The minimum absolute atomic E-state index is 0.0855. The Morgan fingerprint density at radius 3 is 2.50 bits per heavy atom. The molecule has 26 heavy (non-hydrogen) atoms. The summed E-state index contributed by atoms with van der Waals surface area (Å²) in [5.41, 5.74) is 5.39. The first-order chi connectivity index (χ1) is 12.6. The van der Waals surface area contributed by atoms with Crippen molar-refractivity contribution in [3.63, 3.8) is 0 Å². The van der Waals surface area contributed by atoms with E-state index in [1.165, 1.54) is 12.7 Å². The molecule has 0 bridgehead atoms. The zero-order valence-electron chi connectivity index (χ0n) is 14.8. The molecule has 0 radical (unpaired) electrons.